The molecule has 128 valence electrons. The lowest BCUT2D eigenvalue weighted by Crippen LogP contribution is -2.42. The minimum Gasteiger partial charge on any atom is -0.346 e. The number of rotatable bonds is 4. The maximum Gasteiger partial charge on any atom is 0.244 e. The van der Waals surface area contributed by atoms with Crippen molar-refractivity contribution in [3.8, 4) is 0 Å². The average molecular weight is 344 g/mol. The van der Waals surface area contributed by atoms with Crippen LogP contribution >= 0.6 is 11.3 Å². The second-order valence-corrected chi connectivity index (χ2v) is 7.13. The Kier molecular flexibility index (Phi) is 5.48. The molecule has 1 aromatic heterocycles. The third-order valence-electron chi connectivity index (χ3n) is 4.36. The van der Waals surface area contributed by atoms with E-state index in [0.717, 1.165) is 43.3 Å². The van der Waals surface area contributed by atoms with E-state index < -0.39 is 0 Å². The van der Waals surface area contributed by atoms with Gasteiger partial charge in [0.1, 0.15) is 6.04 Å². The van der Waals surface area contributed by atoms with Crippen LogP contribution in [0.25, 0.3) is 0 Å². The number of benzene rings is 1. The lowest BCUT2D eigenvalue weighted by Gasteiger charge is -2.30. The topological polar surface area (TPSA) is 39.7 Å². The van der Waals surface area contributed by atoms with Gasteiger partial charge in [0.05, 0.1) is 0 Å². The Balaban J connectivity index is 1.71. The molecule has 0 aliphatic carbocycles. The molecular weight excluding hydrogens is 320 g/mol. The highest BCUT2D eigenvalue weighted by molar-refractivity contribution is 7.13. The lowest BCUT2D eigenvalue weighted by atomic mass is 10.0. The quantitative estimate of drug-likeness (QED) is 0.854. The first-order valence-corrected chi connectivity index (χ1v) is 9.19. The van der Waals surface area contributed by atoms with Crippen LogP contribution in [0.15, 0.2) is 41.9 Å². The summed E-state index contributed by atoms with van der Waals surface area (Å²) in [5, 5.41) is 3.05. The molecule has 3 rings (SSSR count). The molecule has 2 heterocycles. The predicted molar refractivity (Wildman–Crippen MR) is 98.4 cm³/mol. The van der Waals surface area contributed by atoms with Gasteiger partial charge in [-0.1, -0.05) is 30.3 Å². The van der Waals surface area contributed by atoms with Crippen LogP contribution in [0.3, 0.4) is 0 Å². The summed E-state index contributed by atoms with van der Waals surface area (Å²) < 4.78 is 0. The largest absolute Gasteiger partial charge is 0.346 e. The van der Waals surface area contributed by atoms with Crippen LogP contribution < -0.4 is 4.90 Å². The van der Waals surface area contributed by atoms with E-state index in [2.05, 4.69) is 9.88 Å². The minimum atomic E-state index is -0.224. The summed E-state index contributed by atoms with van der Waals surface area (Å²) in [7, 11) is 3.94. The Morgan fingerprint density at radius 1 is 1.17 bits per heavy atom. The fourth-order valence-corrected chi connectivity index (χ4v) is 3.87. The summed E-state index contributed by atoms with van der Waals surface area (Å²) in [6.45, 7) is 3.34. The van der Waals surface area contributed by atoms with Crippen LogP contribution in [0.5, 0.6) is 0 Å². The zero-order valence-electron chi connectivity index (χ0n) is 14.3. The van der Waals surface area contributed by atoms with Crippen molar-refractivity contribution in [1.29, 1.82) is 0 Å². The van der Waals surface area contributed by atoms with Crippen molar-refractivity contribution in [2.75, 3.05) is 45.2 Å². The summed E-state index contributed by atoms with van der Waals surface area (Å²) in [5.41, 5.74) is 1.05. The van der Waals surface area contributed by atoms with E-state index >= 15 is 0 Å². The van der Waals surface area contributed by atoms with Gasteiger partial charge in [0.25, 0.3) is 0 Å². The number of hydrogen-bond acceptors (Lipinski definition) is 5. The van der Waals surface area contributed by atoms with Crippen molar-refractivity contribution >= 4 is 22.4 Å². The first-order chi connectivity index (χ1) is 11.7. The molecule has 0 saturated carbocycles. The fourth-order valence-electron chi connectivity index (χ4n) is 3.17. The summed E-state index contributed by atoms with van der Waals surface area (Å²) in [6, 6.07) is 9.80. The average Bonchev–Trinajstić information content (AvgIpc) is 3.00. The van der Waals surface area contributed by atoms with Crippen LogP contribution in [0.1, 0.15) is 18.0 Å². The second-order valence-electron chi connectivity index (χ2n) is 6.26. The van der Waals surface area contributed by atoms with Gasteiger partial charge in [0.15, 0.2) is 5.13 Å². The van der Waals surface area contributed by atoms with Gasteiger partial charge in [-0.2, -0.15) is 0 Å². The van der Waals surface area contributed by atoms with Crippen molar-refractivity contribution in [3.05, 3.63) is 47.5 Å². The van der Waals surface area contributed by atoms with Crippen LogP contribution in [0.4, 0.5) is 5.13 Å². The number of hydrogen-bond donors (Lipinski definition) is 0. The second kappa shape index (κ2) is 7.77. The van der Waals surface area contributed by atoms with Gasteiger partial charge in [-0.05, 0) is 26.1 Å². The SMILES string of the molecule is CN(C)C(C(=O)N1CCCN(c2nccs2)CC1)c1ccccc1. The monoisotopic (exact) mass is 344 g/mol. The molecule has 1 aliphatic rings. The molecule has 6 heteroatoms. The molecule has 2 aromatic rings. The molecule has 1 aromatic carbocycles. The molecule has 1 atom stereocenters. The third kappa shape index (κ3) is 3.76. The zero-order valence-corrected chi connectivity index (χ0v) is 15.1. The highest BCUT2D eigenvalue weighted by Gasteiger charge is 2.29. The third-order valence-corrected chi connectivity index (χ3v) is 5.20. The molecule has 1 fully saturated rings. The maximum atomic E-state index is 13.1. The molecule has 1 saturated heterocycles. The minimum absolute atomic E-state index is 0.187. The number of thiazole rings is 1. The highest BCUT2D eigenvalue weighted by Crippen LogP contribution is 2.23. The van der Waals surface area contributed by atoms with Crippen molar-refractivity contribution < 1.29 is 4.79 Å². The van der Waals surface area contributed by atoms with Gasteiger partial charge < -0.3 is 9.80 Å². The van der Waals surface area contributed by atoms with E-state index in [-0.39, 0.29) is 11.9 Å². The Morgan fingerprint density at radius 3 is 2.62 bits per heavy atom. The normalized spacial score (nSPS) is 17.0. The van der Waals surface area contributed by atoms with E-state index in [4.69, 9.17) is 0 Å². The van der Waals surface area contributed by atoms with Crippen molar-refractivity contribution in [2.45, 2.75) is 12.5 Å². The Labute approximate surface area is 147 Å². The standard InChI is InChI=1S/C18H24N4OS/c1-20(2)16(15-7-4-3-5-8-15)17(23)21-10-6-11-22(13-12-21)18-19-9-14-24-18/h3-5,7-9,14,16H,6,10-13H2,1-2H3. The number of nitrogens with zero attached hydrogens (tertiary/aromatic N) is 4. The number of aromatic nitrogens is 1. The number of amides is 1. The molecule has 0 bridgehead atoms. The molecule has 0 radical (unpaired) electrons. The Bertz CT molecular complexity index is 644. The van der Waals surface area contributed by atoms with Crippen LogP contribution in [0, 0.1) is 0 Å². The molecular formula is C18H24N4OS. The molecule has 0 spiro atoms. The molecule has 1 aliphatic heterocycles. The van der Waals surface area contributed by atoms with Gasteiger partial charge in [-0.25, -0.2) is 4.98 Å². The Hall–Kier alpha value is -1.92. The van der Waals surface area contributed by atoms with Crippen LogP contribution in [-0.4, -0.2) is 61.0 Å². The summed E-state index contributed by atoms with van der Waals surface area (Å²) in [4.78, 5) is 23.8. The summed E-state index contributed by atoms with van der Waals surface area (Å²) >= 11 is 1.66. The maximum absolute atomic E-state index is 13.1. The van der Waals surface area contributed by atoms with Gasteiger partial charge >= 0.3 is 0 Å². The number of carbonyl (C=O) groups excluding carboxylic acids is 1. The van der Waals surface area contributed by atoms with E-state index in [9.17, 15) is 4.79 Å². The van der Waals surface area contributed by atoms with Gasteiger partial charge in [0, 0.05) is 37.8 Å². The highest BCUT2D eigenvalue weighted by atomic mass is 32.1. The molecule has 24 heavy (non-hydrogen) atoms. The van der Waals surface area contributed by atoms with E-state index in [1.807, 2.05) is 65.8 Å². The molecule has 1 amide bonds. The van der Waals surface area contributed by atoms with Crippen LogP contribution in [-0.2, 0) is 4.79 Å². The molecule has 1 unspecified atom stereocenters. The van der Waals surface area contributed by atoms with Gasteiger partial charge in [-0.15, -0.1) is 11.3 Å². The van der Waals surface area contributed by atoms with E-state index in [0.29, 0.717) is 0 Å². The smallest absolute Gasteiger partial charge is 0.244 e. The number of anilines is 1. The lowest BCUT2D eigenvalue weighted by molar-refractivity contribution is -0.136. The van der Waals surface area contributed by atoms with Crippen molar-refractivity contribution in [3.63, 3.8) is 0 Å². The molecule has 0 N–H and O–H groups in total. The van der Waals surface area contributed by atoms with E-state index in [1.165, 1.54) is 0 Å². The zero-order chi connectivity index (χ0) is 16.9. The number of likely N-dealkylation sites (N-methyl/N-ethyl adjacent to an activating group) is 1. The summed E-state index contributed by atoms with van der Waals surface area (Å²) in [5.74, 6) is 0.187. The van der Waals surface area contributed by atoms with Crippen LogP contribution in [0.2, 0.25) is 0 Å². The molecule has 5 nitrogen and oxygen atoms in total. The van der Waals surface area contributed by atoms with Crippen molar-refractivity contribution in [2.24, 2.45) is 0 Å². The Morgan fingerprint density at radius 2 is 1.96 bits per heavy atom. The van der Waals surface area contributed by atoms with Gasteiger partial charge in [0.2, 0.25) is 5.91 Å². The first kappa shape index (κ1) is 16.9. The van der Waals surface area contributed by atoms with Crippen molar-refractivity contribution in [1.82, 2.24) is 14.8 Å². The first-order valence-electron chi connectivity index (χ1n) is 8.31. The number of carbonyl (C=O) groups is 1. The predicted octanol–water partition coefficient (Wildman–Crippen LogP) is 2.48. The fraction of sp³-hybridized carbons (Fsp3) is 0.444. The van der Waals surface area contributed by atoms with E-state index in [1.54, 1.807) is 11.3 Å². The van der Waals surface area contributed by atoms with Gasteiger partial charge in [-0.3, -0.25) is 9.69 Å². The summed E-state index contributed by atoms with van der Waals surface area (Å²) in [6.07, 6.45) is 2.81.